The van der Waals surface area contributed by atoms with E-state index >= 15 is 0 Å². The van der Waals surface area contributed by atoms with Gasteiger partial charge < -0.3 is 5.11 Å². The first kappa shape index (κ1) is 11.1. The normalized spacial score (nSPS) is 25.3. The molecule has 2 atom stereocenters. The average molecular weight is 222 g/mol. The van der Waals surface area contributed by atoms with Crippen LogP contribution in [0.25, 0.3) is 0 Å². The molecule has 1 aromatic rings. The van der Waals surface area contributed by atoms with Gasteiger partial charge in [-0.1, -0.05) is 31.0 Å². The molecular formula is C13H15FO2. The zero-order valence-electron chi connectivity index (χ0n) is 9.03. The molecular weight excluding hydrogens is 207 g/mol. The monoisotopic (exact) mass is 222 g/mol. The highest BCUT2D eigenvalue weighted by atomic mass is 19.1. The molecule has 1 aliphatic rings. The Labute approximate surface area is 94.1 Å². The first-order chi connectivity index (χ1) is 7.70. The van der Waals surface area contributed by atoms with Gasteiger partial charge >= 0.3 is 5.97 Å². The van der Waals surface area contributed by atoms with Crippen molar-refractivity contribution in [3.63, 3.8) is 0 Å². The van der Waals surface area contributed by atoms with Crippen LogP contribution in [0, 0.1) is 0 Å². The maximum atomic E-state index is 13.8. The van der Waals surface area contributed by atoms with E-state index in [0.29, 0.717) is 12.0 Å². The Bertz CT molecular complexity index is 389. The van der Waals surface area contributed by atoms with Crippen molar-refractivity contribution >= 4 is 5.97 Å². The first-order valence-electron chi connectivity index (χ1n) is 5.66. The van der Waals surface area contributed by atoms with Crippen molar-refractivity contribution in [1.82, 2.24) is 0 Å². The van der Waals surface area contributed by atoms with E-state index in [9.17, 15) is 9.18 Å². The molecule has 16 heavy (non-hydrogen) atoms. The van der Waals surface area contributed by atoms with Crippen molar-refractivity contribution in [1.29, 1.82) is 0 Å². The highest BCUT2D eigenvalue weighted by molar-refractivity contribution is 5.89. The molecule has 86 valence electrons. The molecule has 2 nitrogen and oxygen atoms in total. The molecule has 3 heteroatoms. The van der Waals surface area contributed by atoms with Crippen molar-refractivity contribution in [2.75, 3.05) is 0 Å². The van der Waals surface area contributed by atoms with Gasteiger partial charge in [-0.2, -0.15) is 0 Å². The highest BCUT2D eigenvalue weighted by Crippen LogP contribution is 2.36. The van der Waals surface area contributed by atoms with E-state index in [0.717, 1.165) is 19.3 Å². The Morgan fingerprint density at radius 3 is 2.62 bits per heavy atom. The Kier molecular flexibility index (Phi) is 3.22. The number of hydrogen-bond donors (Lipinski definition) is 1. The number of carboxylic acid groups (broad SMARTS) is 1. The summed E-state index contributed by atoms with van der Waals surface area (Å²) in [5.74, 6) is -1.20. The lowest BCUT2D eigenvalue weighted by Crippen LogP contribution is -2.20. The predicted molar refractivity (Wildman–Crippen MR) is 59.5 cm³/mol. The summed E-state index contributed by atoms with van der Waals surface area (Å²) in [6.45, 7) is 0. The van der Waals surface area contributed by atoms with Crippen LogP contribution in [0.1, 0.15) is 47.5 Å². The zero-order valence-corrected chi connectivity index (χ0v) is 9.03. The van der Waals surface area contributed by atoms with Gasteiger partial charge in [0.15, 0.2) is 0 Å². The van der Waals surface area contributed by atoms with Crippen LogP contribution in [-0.4, -0.2) is 17.2 Å². The molecule has 1 aliphatic carbocycles. The van der Waals surface area contributed by atoms with Gasteiger partial charge in [-0.25, -0.2) is 9.18 Å². The van der Waals surface area contributed by atoms with E-state index in [1.165, 1.54) is 0 Å². The summed E-state index contributed by atoms with van der Waals surface area (Å²) in [5.41, 5.74) is 0.902. The third-order valence-electron chi connectivity index (χ3n) is 3.27. The smallest absolute Gasteiger partial charge is 0.335 e. The largest absolute Gasteiger partial charge is 0.478 e. The zero-order chi connectivity index (χ0) is 11.5. The van der Waals surface area contributed by atoms with Crippen molar-refractivity contribution in [2.24, 2.45) is 0 Å². The molecule has 0 aromatic heterocycles. The maximum Gasteiger partial charge on any atom is 0.335 e. The van der Waals surface area contributed by atoms with Gasteiger partial charge in [0.1, 0.15) is 6.17 Å². The Balaban J connectivity index is 2.34. The summed E-state index contributed by atoms with van der Waals surface area (Å²) in [7, 11) is 0. The quantitative estimate of drug-likeness (QED) is 0.832. The number of benzene rings is 1. The number of carboxylic acids is 1. The van der Waals surface area contributed by atoms with Crippen LogP contribution in [-0.2, 0) is 0 Å². The standard InChI is InChI=1S/C13H15FO2/c14-12-8-4-3-6-10(12)9-5-1-2-7-11(9)13(15)16/h1-2,5,7,10,12H,3-4,6,8H2,(H,15,16). The van der Waals surface area contributed by atoms with Crippen molar-refractivity contribution in [2.45, 2.75) is 37.8 Å². The molecule has 2 unspecified atom stereocenters. The van der Waals surface area contributed by atoms with Crippen LogP contribution in [0.2, 0.25) is 0 Å². The highest BCUT2D eigenvalue weighted by Gasteiger charge is 2.28. The molecule has 1 fully saturated rings. The van der Waals surface area contributed by atoms with Crippen molar-refractivity contribution in [3.05, 3.63) is 35.4 Å². The third-order valence-corrected chi connectivity index (χ3v) is 3.27. The molecule has 1 saturated carbocycles. The van der Waals surface area contributed by atoms with Gasteiger partial charge in [-0.05, 0) is 24.5 Å². The van der Waals surface area contributed by atoms with Crippen LogP contribution in [0.4, 0.5) is 4.39 Å². The minimum atomic E-state index is -0.964. The first-order valence-corrected chi connectivity index (χ1v) is 5.66. The van der Waals surface area contributed by atoms with Gasteiger partial charge in [-0.15, -0.1) is 0 Å². The van der Waals surface area contributed by atoms with Crippen LogP contribution < -0.4 is 0 Å². The van der Waals surface area contributed by atoms with E-state index in [4.69, 9.17) is 5.11 Å². The lowest BCUT2D eigenvalue weighted by atomic mass is 9.81. The van der Waals surface area contributed by atoms with Gasteiger partial charge in [0, 0.05) is 5.92 Å². The number of carbonyl (C=O) groups is 1. The van der Waals surface area contributed by atoms with Gasteiger partial charge in [0.2, 0.25) is 0 Å². The van der Waals surface area contributed by atoms with Gasteiger partial charge in [-0.3, -0.25) is 0 Å². The molecule has 0 amide bonds. The minimum absolute atomic E-state index is 0.235. The second-order valence-corrected chi connectivity index (χ2v) is 4.30. The second kappa shape index (κ2) is 4.64. The van der Waals surface area contributed by atoms with E-state index in [2.05, 4.69) is 0 Å². The Morgan fingerprint density at radius 1 is 1.25 bits per heavy atom. The topological polar surface area (TPSA) is 37.3 Å². The van der Waals surface area contributed by atoms with E-state index in [1.807, 2.05) is 0 Å². The van der Waals surface area contributed by atoms with Gasteiger partial charge in [0.25, 0.3) is 0 Å². The number of hydrogen-bond acceptors (Lipinski definition) is 1. The fraction of sp³-hybridized carbons (Fsp3) is 0.462. The van der Waals surface area contributed by atoms with Crippen LogP contribution in [0.15, 0.2) is 24.3 Å². The SMILES string of the molecule is O=C(O)c1ccccc1C1CCCCC1F. The Hall–Kier alpha value is -1.38. The summed E-state index contributed by atoms with van der Waals surface area (Å²) in [5, 5.41) is 9.06. The second-order valence-electron chi connectivity index (χ2n) is 4.30. The van der Waals surface area contributed by atoms with E-state index < -0.39 is 12.1 Å². The predicted octanol–water partition coefficient (Wildman–Crippen LogP) is 3.38. The van der Waals surface area contributed by atoms with Crippen molar-refractivity contribution in [3.8, 4) is 0 Å². The number of alkyl halides is 1. The lowest BCUT2D eigenvalue weighted by Gasteiger charge is -2.27. The molecule has 2 rings (SSSR count). The van der Waals surface area contributed by atoms with Crippen LogP contribution in [0.3, 0.4) is 0 Å². The van der Waals surface area contributed by atoms with E-state index in [1.54, 1.807) is 24.3 Å². The summed E-state index contributed by atoms with van der Waals surface area (Å²) < 4.78 is 13.8. The summed E-state index contributed by atoms with van der Waals surface area (Å²) in [6, 6.07) is 6.76. The molecule has 0 radical (unpaired) electrons. The summed E-state index contributed by atoms with van der Waals surface area (Å²) >= 11 is 0. The van der Waals surface area contributed by atoms with E-state index in [-0.39, 0.29) is 11.5 Å². The molecule has 0 bridgehead atoms. The average Bonchev–Trinajstić information content (AvgIpc) is 2.29. The number of halogens is 1. The third kappa shape index (κ3) is 2.08. The number of rotatable bonds is 2. The molecule has 1 aromatic carbocycles. The molecule has 1 N–H and O–H groups in total. The van der Waals surface area contributed by atoms with Crippen molar-refractivity contribution < 1.29 is 14.3 Å². The summed E-state index contributed by atoms with van der Waals surface area (Å²) in [4.78, 5) is 11.0. The molecule has 0 spiro atoms. The lowest BCUT2D eigenvalue weighted by molar-refractivity contribution is 0.0693. The number of aromatic carboxylic acids is 1. The maximum absolute atomic E-state index is 13.8. The van der Waals surface area contributed by atoms with Crippen LogP contribution >= 0.6 is 0 Å². The van der Waals surface area contributed by atoms with Crippen LogP contribution in [0.5, 0.6) is 0 Å². The molecule has 0 saturated heterocycles. The fourth-order valence-corrected chi connectivity index (χ4v) is 2.45. The van der Waals surface area contributed by atoms with Gasteiger partial charge in [0.05, 0.1) is 5.56 Å². The molecule has 0 heterocycles. The summed E-state index contributed by atoms with van der Waals surface area (Å²) in [6.07, 6.45) is 2.31. The fourth-order valence-electron chi connectivity index (χ4n) is 2.45. The molecule has 0 aliphatic heterocycles. The minimum Gasteiger partial charge on any atom is -0.478 e. The Morgan fingerprint density at radius 2 is 1.94 bits per heavy atom.